The Morgan fingerprint density at radius 2 is 0.643 bits per heavy atom. The molecule has 0 saturated carbocycles. The first-order valence-corrected chi connectivity index (χ1v) is 23.9. The maximum absolute atomic E-state index is 12.4. The minimum absolute atomic E-state index is 0.360. The van der Waals surface area contributed by atoms with Crippen LogP contribution < -0.4 is 10.6 Å². The van der Waals surface area contributed by atoms with Crippen molar-refractivity contribution in [3.8, 4) is 0 Å². The summed E-state index contributed by atoms with van der Waals surface area (Å²) in [6.45, 7) is 15.1. The molecule has 0 unspecified atom stereocenters. The van der Waals surface area contributed by atoms with Crippen LogP contribution in [0.5, 0.6) is 0 Å². The van der Waals surface area contributed by atoms with Gasteiger partial charge in [-0.1, -0.05) is 195 Å². The molecule has 1 aromatic rings. The van der Waals surface area contributed by atoms with Gasteiger partial charge >= 0.3 is 12.2 Å². The van der Waals surface area contributed by atoms with Gasteiger partial charge in [0.25, 0.3) is 0 Å². The molecular weight excluding hydrogens is 697 g/mol. The van der Waals surface area contributed by atoms with Crippen molar-refractivity contribution in [2.75, 3.05) is 63.1 Å². The molecule has 8 heteroatoms. The van der Waals surface area contributed by atoms with E-state index in [4.69, 9.17) is 9.47 Å². The Kier molecular flexibility index (Phi) is 36.5. The SMILES string of the molecule is CCCCCCCCCCCCCCCCN(CC)CCOC(=O)Nc1ccc(NC(=O)OCCN(CC)CCCCCCCCCCCCCCCC)cc1. The predicted octanol–water partition coefficient (Wildman–Crippen LogP) is 14.4. The van der Waals surface area contributed by atoms with E-state index in [9.17, 15) is 9.59 Å². The van der Waals surface area contributed by atoms with E-state index in [1.54, 1.807) is 24.3 Å². The molecule has 0 radical (unpaired) electrons. The summed E-state index contributed by atoms with van der Waals surface area (Å²) in [5.74, 6) is 0. The first kappa shape index (κ1) is 51.7. The quantitative estimate of drug-likeness (QED) is 0.0645. The fourth-order valence-electron chi connectivity index (χ4n) is 7.40. The van der Waals surface area contributed by atoms with E-state index >= 15 is 0 Å². The number of anilines is 2. The molecule has 2 N–H and O–H groups in total. The molecular formula is C48H90N4O4. The van der Waals surface area contributed by atoms with Gasteiger partial charge in [0.05, 0.1) is 0 Å². The number of nitrogens with zero attached hydrogens (tertiary/aromatic N) is 2. The lowest BCUT2D eigenvalue weighted by molar-refractivity contribution is 0.139. The summed E-state index contributed by atoms with van der Waals surface area (Å²) in [5, 5.41) is 5.56. The fourth-order valence-corrected chi connectivity index (χ4v) is 7.40. The first-order valence-electron chi connectivity index (χ1n) is 23.9. The lowest BCUT2D eigenvalue weighted by Gasteiger charge is -2.20. The van der Waals surface area contributed by atoms with Gasteiger partial charge in [-0.05, 0) is 63.3 Å². The number of hydrogen-bond donors (Lipinski definition) is 2. The van der Waals surface area contributed by atoms with Gasteiger partial charge in [0.2, 0.25) is 0 Å². The van der Waals surface area contributed by atoms with Gasteiger partial charge < -0.3 is 19.3 Å². The van der Waals surface area contributed by atoms with Gasteiger partial charge in [-0.15, -0.1) is 0 Å². The van der Waals surface area contributed by atoms with Crippen LogP contribution in [0.4, 0.5) is 21.0 Å². The summed E-state index contributed by atoms with van der Waals surface area (Å²) >= 11 is 0. The molecule has 1 rings (SSSR count). The predicted molar refractivity (Wildman–Crippen MR) is 241 cm³/mol. The van der Waals surface area contributed by atoms with Gasteiger partial charge in [0, 0.05) is 24.5 Å². The molecule has 56 heavy (non-hydrogen) atoms. The molecule has 0 spiro atoms. The number of benzene rings is 1. The van der Waals surface area contributed by atoms with Gasteiger partial charge in [-0.3, -0.25) is 10.6 Å². The molecule has 0 aromatic heterocycles. The van der Waals surface area contributed by atoms with E-state index in [2.05, 4.69) is 48.1 Å². The molecule has 0 aliphatic heterocycles. The molecule has 2 amide bonds. The highest BCUT2D eigenvalue weighted by molar-refractivity contribution is 5.87. The molecule has 0 aliphatic rings. The maximum Gasteiger partial charge on any atom is 0.411 e. The second-order valence-corrected chi connectivity index (χ2v) is 16.2. The van der Waals surface area contributed by atoms with Gasteiger partial charge in [-0.2, -0.15) is 0 Å². The summed E-state index contributed by atoms with van der Waals surface area (Å²) in [4.78, 5) is 29.5. The Morgan fingerprint density at radius 1 is 0.393 bits per heavy atom. The topological polar surface area (TPSA) is 83.1 Å². The van der Waals surface area contributed by atoms with Crippen LogP contribution in [0.3, 0.4) is 0 Å². The second kappa shape index (κ2) is 39.5. The normalized spacial score (nSPS) is 11.4. The number of carbonyl (C=O) groups is 2. The average Bonchev–Trinajstić information content (AvgIpc) is 3.20. The highest BCUT2D eigenvalue weighted by Crippen LogP contribution is 2.16. The van der Waals surface area contributed by atoms with Crippen LogP contribution in [0.1, 0.15) is 207 Å². The number of nitrogens with one attached hydrogen (secondary N) is 2. The third-order valence-electron chi connectivity index (χ3n) is 11.2. The Morgan fingerprint density at radius 3 is 0.893 bits per heavy atom. The largest absolute Gasteiger partial charge is 0.448 e. The number of hydrogen-bond acceptors (Lipinski definition) is 6. The number of likely N-dealkylation sites (N-methyl/N-ethyl adjacent to an activating group) is 2. The fraction of sp³-hybridized carbons (Fsp3) is 0.833. The summed E-state index contributed by atoms with van der Waals surface area (Å²) in [7, 11) is 0. The Hall–Kier alpha value is -2.32. The number of amides is 2. The summed E-state index contributed by atoms with van der Waals surface area (Å²) in [6.07, 6.45) is 37.4. The number of unbranched alkanes of at least 4 members (excludes halogenated alkanes) is 26. The second-order valence-electron chi connectivity index (χ2n) is 16.2. The zero-order valence-corrected chi connectivity index (χ0v) is 37.3. The summed E-state index contributed by atoms with van der Waals surface area (Å²) in [5.41, 5.74) is 1.23. The van der Waals surface area contributed by atoms with Crippen molar-refractivity contribution in [1.29, 1.82) is 0 Å². The third-order valence-corrected chi connectivity index (χ3v) is 11.2. The van der Waals surface area contributed by atoms with E-state index in [0.717, 1.165) is 39.3 Å². The van der Waals surface area contributed by atoms with Gasteiger partial charge in [-0.25, -0.2) is 9.59 Å². The van der Waals surface area contributed by atoms with Crippen molar-refractivity contribution in [1.82, 2.24) is 9.80 Å². The Bertz CT molecular complexity index is 928. The van der Waals surface area contributed by atoms with Crippen molar-refractivity contribution >= 4 is 23.6 Å². The standard InChI is InChI=1S/C48H90N4O4/c1-5-9-11-13-15-17-19-21-23-25-27-29-31-33-39-51(7-3)41-43-55-47(53)49-45-35-37-46(38-36-45)50-48(54)56-44-42-52(8-4)40-34-32-30-28-26-24-22-20-18-16-14-12-10-6-2/h35-38H,5-34,39-44H2,1-4H3,(H,49,53)(H,50,54). The molecule has 0 saturated heterocycles. The minimum atomic E-state index is -0.466. The number of carbonyl (C=O) groups excluding carboxylic acids is 2. The van der Waals surface area contributed by atoms with Crippen LogP contribution in [-0.4, -0.2) is 74.5 Å². The van der Waals surface area contributed by atoms with E-state index in [1.807, 2.05) is 0 Å². The van der Waals surface area contributed by atoms with Crippen molar-refractivity contribution in [3.63, 3.8) is 0 Å². The lowest BCUT2D eigenvalue weighted by atomic mass is 10.0. The molecule has 0 bridgehead atoms. The molecule has 0 atom stereocenters. The monoisotopic (exact) mass is 787 g/mol. The molecule has 8 nitrogen and oxygen atoms in total. The minimum Gasteiger partial charge on any atom is -0.448 e. The van der Waals surface area contributed by atoms with E-state index in [1.165, 1.54) is 180 Å². The van der Waals surface area contributed by atoms with E-state index in [0.29, 0.717) is 24.6 Å². The van der Waals surface area contributed by atoms with Crippen LogP contribution in [0.25, 0.3) is 0 Å². The highest BCUT2D eigenvalue weighted by Gasteiger charge is 2.09. The highest BCUT2D eigenvalue weighted by atomic mass is 16.6. The van der Waals surface area contributed by atoms with Crippen LogP contribution >= 0.6 is 0 Å². The van der Waals surface area contributed by atoms with Crippen LogP contribution in [-0.2, 0) is 9.47 Å². The van der Waals surface area contributed by atoms with Crippen LogP contribution in [0.15, 0.2) is 24.3 Å². The first-order chi connectivity index (χ1) is 27.5. The number of rotatable bonds is 40. The van der Waals surface area contributed by atoms with Gasteiger partial charge in [0.1, 0.15) is 13.2 Å². The van der Waals surface area contributed by atoms with E-state index < -0.39 is 12.2 Å². The smallest absolute Gasteiger partial charge is 0.411 e. The lowest BCUT2D eigenvalue weighted by Crippen LogP contribution is -2.30. The van der Waals surface area contributed by atoms with E-state index in [-0.39, 0.29) is 0 Å². The van der Waals surface area contributed by atoms with Crippen molar-refractivity contribution in [3.05, 3.63) is 24.3 Å². The Labute approximate surface area is 346 Å². The molecule has 326 valence electrons. The molecule has 1 aromatic carbocycles. The summed E-state index contributed by atoms with van der Waals surface area (Å²) < 4.78 is 10.9. The summed E-state index contributed by atoms with van der Waals surface area (Å²) in [6, 6.07) is 7.00. The average molecular weight is 787 g/mol. The zero-order chi connectivity index (χ0) is 40.6. The number of ether oxygens (including phenoxy) is 2. The molecule has 0 heterocycles. The molecule has 0 aliphatic carbocycles. The van der Waals surface area contributed by atoms with Crippen molar-refractivity contribution in [2.24, 2.45) is 0 Å². The van der Waals surface area contributed by atoms with Crippen LogP contribution in [0.2, 0.25) is 0 Å². The molecule has 0 fully saturated rings. The maximum atomic E-state index is 12.4. The van der Waals surface area contributed by atoms with Crippen LogP contribution in [0, 0.1) is 0 Å². The third kappa shape index (κ3) is 32.7. The van der Waals surface area contributed by atoms with Crippen molar-refractivity contribution < 1.29 is 19.1 Å². The zero-order valence-electron chi connectivity index (χ0n) is 37.3. The van der Waals surface area contributed by atoms with Crippen molar-refractivity contribution in [2.45, 2.75) is 207 Å². The van der Waals surface area contributed by atoms with Gasteiger partial charge in [0.15, 0.2) is 0 Å². The Balaban J connectivity index is 2.05.